The highest BCUT2D eigenvalue weighted by atomic mass is 16.8. The Bertz CT molecular complexity index is 3070. The molecule has 6 N–H and O–H groups in total. The standard InChI is InChI=1S/C40H60O12.C40H58O11/c1-19-11-27-7-9-30-20(2)12-26(47-30)6-5-23(42)15-35-36(45)39-40(52-35)37(46)38-31(51-39)10-8-28(49-38)13-24(43)14-29-22(4)32(16-25(44)18-41)50-34(29)17-33(48-27)21(19)3;1-19-11-25-5-7-29-20(2)12-27(44-29)9-10-40-17-34-36(50-40)37-38(49-34)39(51-40)35-30(48-37)8-6-26(46-35)13-23(42)14-28-22(4)31(15-24(43)18-41)47-33(28)16-32(45-25)21(19)3/h19,22,25-41,44-46H,2-3,5-18H2,1,4H3;19,22,24-39,41,43H,2-3,5-18H2,1,4H3/t19-,22-,25+,26?,27?,28?,29-,30+,31+,32-,33-,34?,35-,36+,37+,38+,39+,40+;19-,22-,24+,25?,26?,27?,28-,29+,30+,31-,32-,33?,34-,35+,36?,37+,38-,39+,40+/m11/s1. The first-order valence-corrected chi connectivity index (χ1v) is 39.9. The van der Waals surface area contributed by atoms with Crippen LogP contribution >= 0.6 is 0 Å². The number of ketones is 3. The Labute approximate surface area is 607 Å². The number of hydrogen-bond donors (Lipinski definition) is 6. The number of Topliss-reactive ketones (excluding diaryl/α,β-unsaturated/α-hetero) is 3. The van der Waals surface area contributed by atoms with Crippen LogP contribution in [0.3, 0.4) is 0 Å². The van der Waals surface area contributed by atoms with Crippen molar-refractivity contribution in [1.82, 2.24) is 0 Å². The van der Waals surface area contributed by atoms with Gasteiger partial charge in [0.05, 0.1) is 135 Å². The van der Waals surface area contributed by atoms with Crippen molar-refractivity contribution in [3.05, 3.63) is 48.6 Å². The molecule has 0 aromatic heterocycles. The quantitative estimate of drug-likeness (QED) is 0.146. The van der Waals surface area contributed by atoms with Crippen LogP contribution in [0.4, 0.5) is 0 Å². The van der Waals surface area contributed by atoms with Crippen LogP contribution in [0.1, 0.15) is 195 Å². The number of ether oxygens (including phenoxy) is 14. The summed E-state index contributed by atoms with van der Waals surface area (Å²) in [4.78, 5) is 40.9. The van der Waals surface area contributed by atoms with Crippen molar-refractivity contribution in [2.24, 2.45) is 35.5 Å². The van der Waals surface area contributed by atoms with E-state index in [1.807, 2.05) is 0 Å². The Morgan fingerprint density at radius 1 is 0.398 bits per heavy atom. The number of carbonyl (C=O) groups excluding carboxylic acids is 3. The molecule has 9 unspecified atom stereocenters. The van der Waals surface area contributed by atoms with Gasteiger partial charge in [0.1, 0.15) is 78.4 Å². The zero-order valence-electron chi connectivity index (χ0n) is 61.0. The molecule has 576 valence electrons. The first-order valence-electron chi connectivity index (χ1n) is 39.9. The monoisotopic (exact) mass is 1450 g/mol. The maximum absolute atomic E-state index is 14.0. The Morgan fingerprint density at radius 2 is 0.854 bits per heavy atom. The van der Waals surface area contributed by atoms with E-state index in [9.17, 15) is 45.0 Å². The largest absolute Gasteiger partial charge is 0.394 e. The van der Waals surface area contributed by atoms with Gasteiger partial charge in [-0.1, -0.05) is 54.0 Å². The van der Waals surface area contributed by atoms with E-state index in [4.69, 9.17) is 66.3 Å². The average molecular weight is 1450 g/mol. The minimum atomic E-state index is -1.08. The minimum Gasteiger partial charge on any atom is -0.394 e. The molecule has 0 aliphatic carbocycles. The first kappa shape index (κ1) is 75.6. The Balaban J connectivity index is 0.000000166. The number of aliphatic hydroxyl groups excluding tert-OH is 6. The summed E-state index contributed by atoms with van der Waals surface area (Å²) in [6.07, 6.45) is 3.80. The van der Waals surface area contributed by atoms with Crippen molar-refractivity contribution in [2.75, 3.05) is 13.2 Å². The summed E-state index contributed by atoms with van der Waals surface area (Å²) in [5.74, 6) is -0.318. The third kappa shape index (κ3) is 15.8. The molecule has 20 bridgehead atoms. The van der Waals surface area contributed by atoms with Crippen molar-refractivity contribution >= 4 is 17.3 Å². The molecule has 0 amide bonds. The summed E-state index contributed by atoms with van der Waals surface area (Å²) in [5, 5.41) is 62.5. The summed E-state index contributed by atoms with van der Waals surface area (Å²) < 4.78 is 92.3. The van der Waals surface area contributed by atoms with Crippen molar-refractivity contribution in [2.45, 2.75) is 384 Å². The van der Waals surface area contributed by atoms with Gasteiger partial charge in [0.15, 0.2) is 5.79 Å². The number of carbonyl (C=O) groups is 3. The first-order chi connectivity index (χ1) is 49.4. The molecule has 17 aliphatic heterocycles. The fraction of sp³-hybridized carbons (Fsp3) is 0.863. The van der Waals surface area contributed by atoms with Gasteiger partial charge in [-0.05, 0) is 148 Å². The van der Waals surface area contributed by atoms with E-state index in [0.717, 1.165) is 86.5 Å². The molecule has 0 radical (unpaired) electrons. The van der Waals surface area contributed by atoms with E-state index >= 15 is 0 Å². The van der Waals surface area contributed by atoms with Crippen LogP contribution in [0.25, 0.3) is 0 Å². The second-order valence-electron chi connectivity index (χ2n) is 34.5. The number of fused-ring (bicyclic) bond motifs is 13. The molecule has 0 saturated carbocycles. The molecule has 17 saturated heterocycles. The smallest absolute Gasteiger partial charge is 0.172 e. The summed E-state index contributed by atoms with van der Waals surface area (Å²) >= 11 is 0. The predicted molar refractivity (Wildman–Crippen MR) is 370 cm³/mol. The lowest BCUT2D eigenvalue weighted by Crippen LogP contribution is -2.61. The fourth-order valence-corrected chi connectivity index (χ4v) is 21.4. The van der Waals surface area contributed by atoms with E-state index in [1.165, 1.54) is 0 Å². The second-order valence-corrected chi connectivity index (χ2v) is 34.5. The molecule has 17 aliphatic rings. The van der Waals surface area contributed by atoms with E-state index < -0.39 is 66.8 Å². The molecule has 103 heavy (non-hydrogen) atoms. The molecular weight excluding hydrogens is 1330 g/mol. The number of aliphatic hydroxyl groups is 6. The molecule has 17 fully saturated rings. The normalized spacial score (nSPS) is 50.8. The minimum absolute atomic E-state index is 0.00785. The van der Waals surface area contributed by atoms with Crippen LogP contribution in [-0.2, 0) is 80.7 Å². The van der Waals surface area contributed by atoms with Gasteiger partial charge in [0.25, 0.3) is 0 Å². The topological polar surface area (TPSA) is 302 Å². The molecule has 17 heterocycles. The highest BCUT2D eigenvalue weighted by Crippen LogP contribution is 2.55. The predicted octanol–water partition coefficient (Wildman–Crippen LogP) is 6.98. The summed E-state index contributed by atoms with van der Waals surface area (Å²) in [6, 6.07) is 0. The Morgan fingerprint density at radius 3 is 1.42 bits per heavy atom. The SMILES string of the molecule is C=C1CC2CCC(=O)C[C@H]3O[C@H]4[C@@H](O)[C@H]5OC(CC[C@@H]5O[C@H]4[C@H]3O)CC(=O)C[C@H]3C(C[C@H]4OC(CC[C@@H]1O2)C[C@@H](C)C4=C)O[C@H](C[C@H](O)CO)[C@@H]3C.C=C1CC2CC[C@@]34C[C@H]5O[C@H]6[C@@H](O3)[C@H]3OC(CC[C@@H]3O[C@H]6C5O4)CC(=O)C[C@H]3C(C[C@H]4OC(CC[C@@H]1O2)C[C@@H](C)C4=C)O[C@H](C[C@H](O)CO)[C@@H]3C. The van der Waals surface area contributed by atoms with Gasteiger partial charge in [-0.25, -0.2) is 0 Å². The Kier molecular flexibility index (Phi) is 23.1. The van der Waals surface area contributed by atoms with E-state index in [1.54, 1.807) is 0 Å². The van der Waals surface area contributed by atoms with Crippen molar-refractivity contribution in [3.63, 3.8) is 0 Å². The molecule has 1 spiro atoms. The van der Waals surface area contributed by atoms with Crippen LogP contribution < -0.4 is 0 Å². The highest BCUT2D eigenvalue weighted by molar-refractivity contribution is 5.80. The van der Waals surface area contributed by atoms with Crippen LogP contribution in [0, 0.1) is 35.5 Å². The van der Waals surface area contributed by atoms with Gasteiger partial charge < -0.3 is 97.0 Å². The fourth-order valence-electron chi connectivity index (χ4n) is 21.4. The van der Waals surface area contributed by atoms with Gasteiger partial charge in [-0.2, -0.15) is 0 Å². The molecule has 0 aromatic rings. The van der Waals surface area contributed by atoms with Crippen LogP contribution in [0.2, 0.25) is 0 Å². The lowest BCUT2D eigenvalue weighted by Gasteiger charge is -2.47. The Hall–Kier alpha value is -2.83. The van der Waals surface area contributed by atoms with Gasteiger partial charge in [0.2, 0.25) is 0 Å². The lowest BCUT2D eigenvalue weighted by molar-refractivity contribution is -0.292. The van der Waals surface area contributed by atoms with E-state index in [2.05, 4.69) is 54.0 Å². The summed E-state index contributed by atoms with van der Waals surface area (Å²) in [7, 11) is 0. The number of hydrogen-bond acceptors (Lipinski definition) is 23. The van der Waals surface area contributed by atoms with Crippen molar-refractivity contribution < 1.29 is 111 Å². The van der Waals surface area contributed by atoms with Gasteiger partial charge >= 0.3 is 0 Å². The van der Waals surface area contributed by atoms with Gasteiger partial charge in [-0.3, -0.25) is 14.4 Å². The van der Waals surface area contributed by atoms with Gasteiger partial charge in [0, 0.05) is 77.0 Å². The van der Waals surface area contributed by atoms with Gasteiger partial charge in [-0.15, -0.1) is 0 Å². The highest BCUT2D eigenvalue weighted by Gasteiger charge is 2.69. The third-order valence-corrected chi connectivity index (χ3v) is 27.4. The van der Waals surface area contributed by atoms with E-state index in [0.29, 0.717) is 76.5 Å². The maximum atomic E-state index is 14.0. The lowest BCUT2D eigenvalue weighted by atomic mass is 9.79. The van der Waals surface area contributed by atoms with Crippen molar-refractivity contribution in [1.29, 1.82) is 0 Å². The van der Waals surface area contributed by atoms with Crippen LogP contribution in [-0.4, -0.2) is 250 Å². The van der Waals surface area contributed by atoms with Crippen LogP contribution in [0.15, 0.2) is 48.6 Å². The zero-order valence-corrected chi connectivity index (χ0v) is 61.0. The second kappa shape index (κ2) is 31.5. The molecule has 17 rings (SSSR count). The van der Waals surface area contributed by atoms with E-state index in [-0.39, 0.29) is 214 Å². The molecule has 0 aromatic carbocycles. The maximum Gasteiger partial charge on any atom is 0.172 e. The molecule has 37 atom stereocenters. The average Bonchev–Trinajstić information content (AvgIpc) is 1.55. The summed E-state index contributed by atoms with van der Waals surface area (Å²) in [6.45, 7) is 25.5. The molecule has 23 heteroatoms. The van der Waals surface area contributed by atoms with Crippen LogP contribution in [0.5, 0.6) is 0 Å². The summed E-state index contributed by atoms with van der Waals surface area (Å²) in [5.41, 5.74) is 4.26. The molecule has 23 nitrogen and oxygen atoms in total. The number of rotatable bonds is 6. The van der Waals surface area contributed by atoms with Crippen molar-refractivity contribution in [3.8, 4) is 0 Å². The zero-order chi connectivity index (χ0) is 72.0. The molecular formula is C80H118O23. The third-order valence-electron chi connectivity index (χ3n) is 27.4.